The standard InChI is InChI=1S/C14H17BClNO3S/c1-17(9-12-4-6-14(16)21-12)8-10-7-11(20-2)3-5-13(10)15(18)19/h3-7,18-19H,8-9H2,1-2H3. The zero-order valence-electron chi connectivity index (χ0n) is 11.9. The highest BCUT2D eigenvalue weighted by atomic mass is 35.5. The van der Waals surface area contributed by atoms with Crippen LogP contribution in [0.2, 0.25) is 4.34 Å². The molecule has 2 aromatic rings. The van der Waals surface area contributed by atoms with Gasteiger partial charge in [-0.05, 0) is 42.3 Å². The van der Waals surface area contributed by atoms with Gasteiger partial charge in [-0.3, -0.25) is 4.90 Å². The van der Waals surface area contributed by atoms with Crippen molar-refractivity contribution in [1.82, 2.24) is 4.90 Å². The highest BCUT2D eigenvalue weighted by molar-refractivity contribution is 7.16. The zero-order valence-corrected chi connectivity index (χ0v) is 13.5. The molecule has 2 N–H and O–H groups in total. The lowest BCUT2D eigenvalue weighted by atomic mass is 9.77. The van der Waals surface area contributed by atoms with E-state index in [2.05, 4.69) is 4.90 Å². The normalized spacial score (nSPS) is 11.0. The summed E-state index contributed by atoms with van der Waals surface area (Å²) < 4.78 is 5.97. The molecular weight excluding hydrogens is 308 g/mol. The summed E-state index contributed by atoms with van der Waals surface area (Å²) in [6, 6.07) is 9.10. The Morgan fingerprint density at radius 1 is 1.24 bits per heavy atom. The summed E-state index contributed by atoms with van der Waals surface area (Å²) in [5.74, 6) is 0.696. The van der Waals surface area contributed by atoms with Gasteiger partial charge in [-0.2, -0.15) is 0 Å². The fourth-order valence-electron chi connectivity index (χ4n) is 2.15. The van der Waals surface area contributed by atoms with E-state index in [9.17, 15) is 10.0 Å². The van der Waals surface area contributed by atoms with E-state index in [4.69, 9.17) is 16.3 Å². The van der Waals surface area contributed by atoms with E-state index < -0.39 is 7.12 Å². The van der Waals surface area contributed by atoms with Crippen LogP contribution in [0.3, 0.4) is 0 Å². The van der Waals surface area contributed by atoms with E-state index in [0.29, 0.717) is 17.8 Å². The molecule has 7 heteroatoms. The highest BCUT2D eigenvalue weighted by Gasteiger charge is 2.17. The molecule has 0 spiro atoms. The summed E-state index contributed by atoms with van der Waals surface area (Å²) in [6.07, 6.45) is 0. The molecule has 0 aliphatic carbocycles. The Hall–Kier alpha value is -1.05. The Morgan fingerprint density at radius 2 is 2.00 bits per heavy atom. The van der Waals surface area contributed by atoms with Crippen molar-refractivity contribution in [1.29, 1.82) is 0 Å². The minimum atomic E-state index is -1.49. The summed E-state index contributed by atoms with van der Waals surface area (Å²) >= 11 is 7.47. The second kappa shape index (κ2) is 7.29. The van der Waals surface area contributed by atoms with Gasteiger partial charge in [-0.1, -0.05) is 17.7 Å². The van der Waals surface area contributed by atoms with Crippen molar-refractivity contribution in [2.24, 2.45) is 0 Å². The van der Waals surface area contributed by atoms with Gasteiger partial charge in [0.2, 0.25) is 0 Å². The minimum Gasteiger partial charge on any atom is -0.497 e. The maximum absolute atomic E-state index is 9.45. The molecule has 0 atom stereocenters. The first kappa shape index (κ1) is 16.3. The molecule has 0 saturated carbocycles. The van der Waals surface area contributed by atoms with Crippen molar-refractivity contribution in [3.8, 4) is 5.75 Å². The quantitative estimate of drug-likeness (QED) is 0.794. The SMILES string of the molecule is COc1ccc(B(O)O)c(CN(C)Cc2ccc(Cl)s2)c1. The van der Waals surface area contributed by atoms with E-state index in [-0.39, 0.29) is 0 Å². The van der Waals surface area contributed by atoms with Gasteiger partial charge in [0.1, 0.15) is 5.75 Å². The predicted octanol–water partition coefficient (Wildman–Crippen LogP) is 1.72. The number of benzene rings is 1. The van der Waals surface area contributed by atoms with Crippen LogP contribution < -0.4 is 10.2 Å². The fraction of sp³-hybridized carbons (Fsp3) is 0.286. The average Bonchev–Trinajstić information content (AvgIpc) is 2.83. The molecule has 2 rings (SSSR count). The lowest BCUT2D eigenvalue weighted by Crippen LogP contribution is -2.35. The largest absolute Gasteiger partial charge is 0.497 e. The Balaban J connectivity index is 2.13. The number of nitrogens with zero attached hydrogens (tertiary/aromatic N) is 1. The van der Waals surface area contributed by atoms with Gasteiger partial charge < -0.3 is 14.8 Å². The Labute approximate surface area is 133 Å². The molecular formula is C14H17BClNO3S. The molecule has 0 bridgehead atoms. The third-order valence-electron chi connectivity index (χ3n) is 3.12. The Kier molecular flexibility index (Phi) is 5.67. The topological polar surface area (TPSA) is 52.9 Å². The highest BCUT2D eigenvalue weighted by Crippen LogP contribution is 2.23. The molecule has 1 heterocycles. The number of halogens is 1. The number of hydrogen-bond donors (Lipinski definition) is 2. The van der Waals surface area contributed by atoms with Gasteiger partial charge in [-0.25, -0.2) is 0 Å². The van der Waals surface area contributed by atoms with E-state index >= 15 is 0 Å². The van der Waals surface area contributed by atoms with Crippen molar-refractivity contribution in [3.63, 3.8) is 0 Å². The van der Waals surface area contributed by atoms with Crippen LogP contribution in [0.25, 0.3) is 0 Å². The van der Waals surface area contributed by atoms with E-state index in [1.54, 1.807) is 30.6 Å². The third-order valence-corrected chi connectivity index (χ3v) is 4.34. The van der Waals surface area contributed by atoms with Crippen molar-refractivity contribution in [2.45, 2.75) is 13.1 Å². The monoisotopic (exact) mass is 325 g/mol. The van der Waals surface area contributed by atoms with Crippen molar-refractivity contribution < 1.29 is 14.8 Å². The second-order valence-corrected chi connectivity index (χ2v) is 6.62. The fourth-order valence-corrected chi connectivity index (χ4v) is 3.32. The first-order valence-corrected chi connectivity index (χ1v) is 7.64. The van der Waals surface area contributed by atoms with E-state index in [1.807, 2.05) is 25.2 Å². The first-order valence-electron chi connectivity index (χ1n) is 6.45. The summed E-state index contributed by atoms with van der Waals surface area (Å²) in [7, 11) is 2.07. The molecule has 21 heavy (non-hydrogen) atoms. The molecule has 0 fully saturated rings. The van der Waals surface area contributed by atoms with Gasteiger partial charge in [0, 0.05) is 18.0 Å². The van der Waals surface area contributed by atoms with Crippen molar-refractivity contribution >= 4 is 35.5 Å². The molecule has 4 nitrogen and oxygen atoms in total. The summed E-state index contributed by atoms with van der Waals surface area (Å²) in [6.45, 7) is 1.33. The van der Waals surface area contributed by atoms with Crippen LogP contribution in [0.5, 0.6) is 5.75 Å². The van der Waals surface area contributed by atoms with Crippen LogP contribution in [0.1, 0.15) is 10.4 Å². The van der Waals surface area contributed by atoms with Gasteiger partial charge >= 0.3 is 7.12 Å². The van der Waals surface area contributed by atoms with Crippen LogP contribution in [-0.2, 0) is 13.1 Å². The third kappa shape index (κ3) is 4.46. The zero-order chi connectivity index (χ0) is 15.4. The molecule has 0 aliphatic rings. The first-order chi connectivity index (χ1) is 9.99. The molecule has 0 aliphatic heterocycles. The van der Waals surface area contributed by atoms with E-state index in [1.165, 1.54) is 0 Å². The molecule has 1 aromatic heterocycles. The minimum absolute atomic E-state index is 0.492. The smallest absolute Gasteiger partial charge is 0.488 e. The van der Waals surface area contributed by atoms with Crippen LogP contribution in [-0.4, -0.2) is 36.2 Å². The Bertz CT molecular complexity index is 606. The Morgan fingerprint density at radius 3 is 2.57 bits per heavy atom. The van der Waals surface area contributed by atoms with Crippen LogP contribution >= 0.6 is 22.9 Å². The summed E-state index contributed by atoms with van der Waals surface area (Å²) in [5.41, 5.74) is 1.32. The lowest BCUT2D eigenvalue weighted by Gasteiger charge is -2.18. The van der Waals surface area contributed by atoms with Gasteiger partial charge in [0.15, 0.2) is 0 Å². The number of hydrogen-bond acceptors (Lipinski definition) is 5. The number of rotatable bonds is 6. The maximum atomic E-state index is 9.45. The maximum Gasteiger partial charge on any atom is 0.488 e. The number of methoxy groups -OCH3 is 1. The molecule has 0 saturated heterocycles. The van der Waals surface area contributed by atoms with Crippen molar-refractivity contribution in [3.05, 3.63) is 45.1 Å². The predicted molar refractivity (Wildman–Crippen MR) is 87.3 cm³/mol. The van der Waals surface area contributed by atoms with Crippen LogP contribution in [0.4, 0.5) is 0 Å². The van der Waals surface area contributed by atoms with Crippen LogP contribution in [0.15, 0.2) is 30.3 Å². The second-order valence-electron chi connectivity index (χ2n) is 4.82. The van der Waals surface area contributed by atoms with Gasteiger partial charge in [0.25, 0.3) is 0 Å². The summed E-state index contributed by atoms with van der Waals surface area (Å²) in [4.78, 5) is 3.25. The average molecular weight is 326 g/mol. The lowest BCUT2D eigenvalue weighted by molar-refractivity contribution is 0.321. The molecule has 1 aromatic carbocycles. The summed E-state index contributed by atoms with van der Waals surface area (Å²) in [5, 5.41) is 18.9. The molecule has 112 valence electrons. The molecule has 0 unspecified atom stereocenters. The van der Waals surface area contributed by atoms with Gasteiger partial charge in [-0.15, -0.1) is 11.3 Å². The van der Waals surface area contributed by atoms with Gasteiger partial charge in [0.05, 0.1) is 11.4 Å². The molecule has 0 radical (unpaired) electrons. The number of thiophene rings is 1. The van der Waals surface area contributed by atoms with Crippen LogP contribution in [0, 0.1) is 0 Å². The molecule has 0 amide bonds. The number of ether oxygens (including phenoxy) is 1. The van der Waals surface area contributed by atoms with Crippen molar-refractivity contribution in [2.75, 3.05) is 14.2 Å². The van der Waals surface area contributed by atoms with E-state index in [0.717, 1.165) is 21.3 Å².